The van der Waals surface area contributed by atoms with E-state index in [1.165, 1.54) is 11.8 Å². The molecule has 98 valence electrons. The molecule has 0 heterocycles. The Morgan fingerprint density at radius 2 is 2.00 bits per heavy atom. The number of carbonyl (C=O) groups is 1. The van der Waals surface area contributed by atoms with Crippen LogP contribution in [0.3, 0.4) is 0 Å². The van der Waals surface area contributed by atoms with E-state index in [0.717, 1.165) is 6.54 Å². The Morgan fingerprint density at radius 1 is 1.39 bits per heavy atom. The highest BCUT2D eigenvalue weighted by Crippen LogP contribution is 2.14. The molecule has 1 rings (SSSR count). The van der Waals surface area contributed by atoms with Gasteiger partial charge in [-0.2, -0.15) is 0 Å². The number of hydrogen-bond acceptors (Lipinski definition) is 5. The predicted molar refractivity (Wildman–Crippen MR) is 76.0 cm³/mol. The van der Waals surface area contributed by atoms with Crippen molar-refractivity contribution < 1.29 is 10.0 Å². The Balaban J connectivity index is 2.65. The molecule has 0 amide bonds. The van der Waals surface area contributed by atoms with Crippen molar-refractivity contribution in [3.8, 4) is 0 Å². The molecule has 0 atom stereocenters. The number of hydrogen-bond donors (Lipinski definition) is 1. The first-order chi connectivity index (χ1) is 8.54. The van der Waals surface area contributed by atoms with Crippen LogP contribution in [-0.4, -0.2) is 47.3 Å². The molecule has 0 bridgehead atoms. The van der Waals surface area contributed by atoms with Crippen molar-refractivity contribution in [2.75, 3.05) is 26.4 Å². The number of nitrogens with zero attached hydrogens (tertiary/aromatic N) is 2. The molecule has 1 aromatic rings. The van der Waals surface area contributed by atoms with Crippen LogP contribution in [-0.2, 0) is 0 Å². The van der Waals surface area contributed by atoms with Crippen LogP contribution in [0.2, 0.25) is 5.02 Å². The molecular weight excluding hydrogens is 272 g/mol. The Morgan fingerprint density at radius 3 is 2.50 bits per heavy atom. The second-order valence-corrected chi connectivity index (χ2v) is 5.41. The summed E-state index contributed by atoms with van der Waals surface area (Å²) in [6.45, 7) is 0.803. The van der Waals surface area contributed by atoms with E-state index >= 15 is 0 Å². The third kappa shape index (κ3) is 4.68. The quantitative estimate of drug-likeness (QED) is 0.297. The summed E-state index contributed by atoms with van der Waals surface area (Å²) in [5.41, 5.74) is 0.463. The van der Waals surface area contributed by atoms with Gasteiger partial charge >= 0.3 is 0 Å². The third-order valence-corrected chi connectivity index (χ3v) is 3.35. The van der Waals surface area contributed by atoms with Crippen LogP contribution in [0.25, 0.3) is 0 Å². The largest absolute Gasteiger partial charge is 0.410 e. The van der Waals surface area contributed by atoms with Gasteiger partial charge in [0.1, 0.15) is 0 Å². The van der Waals surface area contributed by atoms with Gasteiger partial charge in [0, 0.05) is 22.9 Å². The minimum Gasteiger partial charge on any atom is -0.410 e. The van der Waals surface area contributed by atoms with E-state index in [-0.39, 0.29) is 10.8 Å². The van der Waals surface area contributed by atoms with E-state index in [4.69, 9.17) is 16.8 Å². The van der Waals surface area contributed by atoms with Crippen LogP contribution >= 0.6 is 23.4 Å². The normalized spacial score (nSPS) is 11.9. The SMILES string of the molecule is CN(C)CCS/C(=N\O)C(=O)c1ccc(Cl)cc1. The molecule has 0 aliphatic carbocycles. The average Bonchev–Trinajstić information content (AvgIpc) is 2.34. The first kappa shape index (κ1) is 15.0. The molecule has 0 aliphatic rings. The van der Waals surface area contributed by atoms with Crippen LogP contribution in [0, 0.1) is 0 Å². The summed E-state index contributed by atoms with van der Waals surface area (Å²) in [7, 11) is 3.88. The summed E-state index contributed by atoms with van der Waals surface area (Å²) >= 11 is 6.98. The Hall–Kier alpha value is -1.04. The lowest BCUT2D eigenvalue weighted by Gasteiger charge is -2.08. The van der Waals surface area contributed by atoms with Gasteiger partial charge in [0.25, 0.3) is 0 Å². The van der Waals surface area contributed by atoms with E-state index in [2.05, 4.69) is 5.16 Å². The minimum atomic E-state index is -0.294. The molecule has 4 nitrogen and oxygen atoms in total. The molecule has 0 fully saturated rings. The number of oxime groups is 1. The smallest absolute Gasteiger partial charge is 0.221 e. The van der Waals surface area contributed by atoms with Crippen molar-refractivity contribution in [1.29, 1.82) is 0 Å². The van der Waals surface area contributed by atoms with Gasteiger partial charge in [-0.25, -0.2) is 0 Å². The van der Waals surface area contributed by atoms with E-state index in [1.54, 1.807) is 24.3 Å². The second kappa shape index (κ2) is 7.41. The monoisotopic (exact) mass is 286 g/mol. The molecule has 0 aromatic heterocycles. The zero-order valence-electron chi connectivity index (χ0n) is 10.3. The molecule has 0 spiro atoms. The van der Waals surface area contributed by atoms with Crippen LogP contribution in [0.15, 0.2) is 29.4 Å². The molecule has 0 saturated heterocycles. The molecule has 0 aliphatic heterocycles. The molecule has 0 saturated carbocycles. The lowest BCUT2D eigenvalue weighted by Crippen LogP contribution is -2.18. The number of carbonyl (C=O) groups excluding carboxylic acids is 1. The number of halogens is 1. The van der Waals surface area contributed by atoms with E-state index in [9.17, 15) is 4.79 Å². The first-order valence-corrected chi connectivity index (χ1v) is 6.71. The van der Waals surface area contributed by atoms with Gasteiger partial charge in [-0.15, -0.1) is 0 Å². The van der Waals surface area contributed by atoms with Gasteiger partial charge in [0.05, 0.1) is 0 Å². The fourth-order valence-corrected chi connectivity index (χ4v) is 2.27. The molecular formula is C12H15ClN2O2S. The van der Waals surface area contributed by atoms with Crippen molar-refractivity contribution in [2.45, 2.75) is 0 Å². The van der Waals surface area contributed by atoms with E-state index < -0.39 is 0 Å². The van der Waals surface area contributed by atoms with Crippen molar-refractivity contribution in [1.82, 2.24) is 4.90 Å². The van der Waals surface area contributed by atoms with Gasteiger partial charge in [0.2, 0.25) is 5.78 Å². The fraction of sp³-hybridized carbons (Fsp3) is 0.333. The lowest BCUT2D eigenvalue weighted by atomic mass is 10.1. The number of benzene rings is 1. The maximum Gasteiger partial charge on any atom is 0.221 e. The van der Waals surface area contributed by atoms with E-state index in [0.29, 0.717) is 16.3 Å². The number of Topliss-reactive ketones (excluding diaryl/α,β-unsaturated/α-hetero) is 1. The van der Waals surface area contributed by atoms with Crippen molar-refractivity contribution in [3.63, 3.8) is 0 Å². The first-order valence-electron chi connectivity index (χ1n) is 5.34. The van der Waals surface area contributed by atoms with Gasteiger partial charge < -0.3 is 10.1 Å². The standard InChI is InChI=1S/C12H15ClN2O2S/c1-15(2)7-8-18-12(14-17)11(16)9-3-5-10(13)6-4-9/h3-6,17H,7-8H2,1-2H3/b14-12-. The predicted octanol–water partition coefficient (Wildman–Crippen LogP) is 2.61. The zero-order chi connectivity index (χ0) is 13.5. The average molecular weight is 287 g/mol. The molecule has 6 heteroatoms. The van der Waals surface area contributed by atoms with Gasteiger partial charge in [0.15, 0.2) is 5.04 Å². The molecule has 0 unspecified atom stereocenters. The minimum absolute atomic E-state index is 0.0965. The molecule has 0 radical (unpaired) electrons. The fourth-order valence-electron chi connectivity index (χ4n) is 1.19. The van der Waals surface area contributed by atoms with Crippen LogP contribution in [0.5, 0.6) is 0 Å². The summed E-state index contributed by atoms with van der Waals surface area (Å²) in [5.74, 6) is 0.393. The molecule has 1 aromatic carbocycles. The van der Waals surface area contributed by atoms with Gasteiger partial charge in [-0.05, 0) is 38.4 Å². The summed E-state index contributed by atoms with van der Waals surface area (Å²) in [5, 5.41) is 12.6. The summed E-state index contributed by atoms with van der Waals surface area (Å²) < 4.78 is 0. The van der Waals surface area contributed by atoms with Crippen molar-refractivity contribution >= 4 is 34.2 Å². The van der Waals surface area contributed by atoms with Gasteiger partial charge in [-0.1, -0.05) is 28.5 Å². The molecule has 18 heavy (non-hydrogen) atoms. The lowest BCUT2D eigenvalue weighted by molar-refractivity contribution is 0.106. The number of thioether (sulfide) groups is 1. The Labute approximate surface area is 116 Å². The highest BCUT2D eigenvalue weighted by molar-refractivity contribution is 8.15. The highest BCUT2D eigenvalue weighted by Gasteiger charge is 2.15. The maximum absolute atomic E-state index is 12.0. The zero-order valence-corrected chi connectivity index (χ0v) is 11.8. The van der Waals surface area contributed by atoms with Crippen LogP contribution in [0.4, 0.5) is 0 Å². The summed E-state index contributed by atoms with van der Waals surface area (Å²) in [4.78, 5) is 14.0. The molecule has 1 N–H and O–H groups in total. The third-order valence-electron chi connectivity index (χ3n) is 2.17. The van der Waals surface area contributed by atoms with E-state index in [1.807, 2.05) is 19.0 Å². The number of rotatable bonds is 5. The Bertz CT molecular complexity index is 432. The van der Waals surface area contributed by atoms with Crippen molar-refractivity contribution in [2.24, 2.45) is 5.16 Å². The topological polar surface area (TPSA) is 52.9 Å². The second-order valence-electron chi connectivity index (χ2n) is 3.89. The van der Waals surface area contributed by atoms with Crippen LogP contribution < -0.4 is 0 Å². The summed E-state index contributed by atoms with van der Waals surface area (Å²) in [6.07, 6.45) is 0. The van der Waals surface area contributed by atoms with Gasteiger partial charge in [-0.3, -0.25) is 4.79 Å². The Kier molecular flexibility index (Phi) is 6.18. The maximum atomic E-state index is 12.0. The van der Waals surface area contributed by atoms with Crippen LogP contribution in [0.1, 0.15) is 10.4 Å². The summed E-state index contributed by atoms with van der Waals surface area (Å²) in [6, 6.07) is 6.49. The van der Waals surface area contributed by atoms with Crippen molar-refractivity contribution in [3.05, 3.63) is 34.9 Å². The number of ketones is 1. The highest BCUT2D eigenvalue weighted by atomic mass is 35.5.